The first-order valence-electron chi connectivity index (χ1n) is 6.18. The zero-order chi connectivity index (χ0) is 13.7. The Morgan fingerprint density at radius 2 is 1.88 bits per heavy atom. The van der Waals surface area contributed by atoms with Crippen LogP contribution in [-0.2, 0) is 14.3 Å². The number of ether oxygens (including phenoxy) is 2. The highest BCUT2D eigenvalue weighted by Gasteiger charge is 2.43. The Balaban J connectivity index is 4.80. The molecule has 0 saturated heterocycles. The Morgan fingerprint density at radius 3 is 2.24 bits per heavy atom. The van der Waals surface area contributed by atoms with Crippen molar-refractivity contribution in [1.29, 1.82) is 0 Å². The molecule has 0 fully saturated rings. The van der Waals surface area contributed by atoms with Crippen molar-refractivity contribution < 1.29 is 19.4 Å². The van der Waals surface area contributed by atoms with E-state index in [2.05, 4.69) is 0 Å². The van der Waals surface area contributed by atoms with E-state index in [1.807, 2.05) is 20.8 Å². The number of methoxy groups -OCH3 is 1. The normalized spacial score (nSPS) is 17.4. The van der Waals surface area contributed by atoms with E-state index in [9.17, 15) is 9.90 Å². The Morgan fingerprint density at radius 1 is 1.35 bits per heavy atom. The van der Waals surface area contributed by atoms with Crippen molar-refractivity contribution in [3.63, 3.8) is 0 Å². The van der Waals surface area contributed by atoms with Gasteiger partial charge in [-0.2, -0.15) is 0 Å². The van der Waals surface area contributed by atoms with Crippen LogP contribution >= 0.6 is 0 Å². The second-order valence-electron chi connectivity index (χ2n) is 5.07. The minimum atomic E-state index is -1.42. The molecule has 0 aliphatic carbocycles. The van der Waals surface area contributed by atoms with E-state index in [-0.39, 0.29) is 18.1 Å². The molecule has 0 aromatic rings. The van der Waals surface area contributed by atoms with Gasteiger partial charge in [-0.1, -0.05) is 13.8 Å². The van der Waals surface area contributed by atoms with Crippen molar-refractivity contribution >= 4 is 5.97 Å². The standard InChI is InChI=1S/C13H26O4/c1-7-13(15,11(14)17-8-2)10(3)9-12(4,5)16-6/h10,15H,7-9H2,1-6H3. The monoisotopic (exact) mass is 246 g/mol. The molecule has 4 heteroatoms. The molecule has 2 unspecified atom stereocenters. The van der Waals surface area contributed by atoms with Gasteiger partial charge in [-0.25, -0.2) is 4.79 Å². The fourth-order valence-corrected chi connectivity index (χ4v) is 1.94. The molecule has 0 heterocycles. The number of aliphatic hydroxyl groups is 1. The number of rotatable bonds is 7. The fraction of sp³-hybridized carbons (Fsp3) is 0.923. The molecule has 0 saturated carbocycles. The van der Waals surface area contributed by atoms with E-state index in [1.165, 1.54) is 0 Å². The summed E-state index contributed by atoms with van der Waals surface area (Å²) in [5.74, 6) is -0.761. The van der Waals surface area contributed by atoms with Gasteiger partial charge in [0.15, 0.2) is 5.60 Å². The second-order valence-corrected chi connectivity index (χ2v) is 5.07. The number of hydrogen-bond acceptors (Lipinski definition) is 4. The first kappa shape index (κ1) is 16.4. The van der Waals surface area contributed by atoms with Crippen LogP contribution in [0.2, 0.25) is 0 Å². The summed E-state index contributed by atoms with van der Waals surface area (Å²) in [5.41, 5.74) is -1.79. The number of carbonyl (C=O) groups is 1. The van der Waals surface area contributed by atoms with E-state index >= 15 is 0 Å². The van der Waals surface area contributed by atoms with Gasteiger partial charge in [-0.05, 0) is 39.5 Å². The molecule has 0 aliphatic rings. The van der Waals surface area contributed by atoms with Crippen LogP contribution in [0.4, 0.5) is 0 Å². The SMILES string of the molecule is CCOC(=O)C(O)(CC)C(C)CC(C)(C)OC. The molecule has 0 amide bonds. The van der Waals surface area contributed by atoms with Gasteiger partial charge in [-0.3, -0.25) is 0 Å². The Kier molecular flexibility index (Phi) is 6.13. The zero-order valence-electron chi connectivity index (χ0n) is 11.9. The van der Waals surface area contributed by atoms with Crippen LogP contribution in [0.15, 0.2) is 0 Å². The Labute approximate surface area is 104 Å². The van der Waals surface area contributed by atoms with Crippen molar-refractivity contribution in [2.45, 2.75) is 58.7 Å². The molecular formula is C13H26O4. The van der Waals surface area contributed by atoms with Gasteiger partial charge in [0.1, 0.15) is 0 Å². The third-order valence-electron chi connectivity index (χ3n) is 3.33. The lowest BCUT2D eigenvalue weighted by molar-refractivity contribution is -0.173. The summed E-state index contributed by atoms with van der Waals surface area (Å²) in [6.07, 6.45) is 0.930. The Hall–Kier alpha value is -0.610. The largest absolute Gasteiger partial charge is 0.464 e. The molecule has 0 spiro atoms. The lowest BCUT2D eigenvalue weighted by Gasteiger charge is -2.35. The summed E-state index contributed by atoms with van der Waals surface area (Å²) in [4.78, 5) is 11.8. The lowest BCUT2D eigenvalue weighted by Crippen LogP contribution is -2.47. The highest BCUT2D eigenvalue weighted by molar-refractivity contribution is 5.79. The van der Waals surface area contributed by atoms with Crippen LogP contribution in [-0.4, -0.2) is 36.0 Å². The first-order chi connectivity index (χ1) is 7.73. The van der Waals surface area contributed by atoms with E-state index in [0.29, 0.717) is 12.8 Å². The van der Waals surface area contributed by atoms with E-state index in [0.717, 1.165) is 0 Å². The maximum Gasteiger partial charge on any atom is 0.338 e. The van der Waals surface area contributed by atoms with Crippen molar-refractivity contribution in [1.82, 2.24) is 0 Å². The van der Waals surface area contributed by atoms with Gasteiger partial charge in [0, 0.05) is 7.11 Å². The van der Waals surface area contributed by atoms with Crippen LogP contribution in [0.5, 0.6) is 0 Å². The van der Waals surface area contributed by atoms with Crippen LogP contribution in [0.25, 0.3) is 0 Å². The molecular weight excluding hydrogens is 220 g/mol. The molecule has 0 bridgehead atoms. The molecule has 0 radical (unpaired) electrons. The molecule has 0 aromatic heterocycles. The lowest BCUT2D eigenvalue weighted by atomic mass is 9.79. The average molecular weight is 246 g/mol. The highest BCUT2D eigenvalue weighted by Crippen LogP contribution is 2.31. The van der Waals surface area contributed by atoms with Crippen LogP contribution < -0.4 is 0 Å². The molecule has 2 atom stereocenters. The molecule has 1 N–H and O–H groups in total. The second kappa shape index (κ2) is 6.36. The topological polar surface area (TPSA) is 55.8 Å². The zero-order valence-corrected chi connectivity index (χ0v) is 11.9. The minimum absolute atomic E-state index is 0.221. The minimum Gasteiger partial charge on any atom is -0.464 e. The summed E-state index contributed by atoms with van der Waals surface area (Å²) < 4.78 is 10.3. The number of hydrogen-bond donors (Lipinski definition) is 1. The van der Waals surface area contributed by atoms with Gasteiger partial charge in [0.05, 0.1) is 12.2 Å². The maximum absolute atomic E-state index is 11.8. The maximum atomic E-state index is 11.8. The third kappa shape index (κ3) is 4.28. The third-order valence-corrected chi connectivity index (χ3v) is 3.33. The van der Waals surface area contributed by atoms with Crippen molar-refractivity contribution in [2.75, 3.05) is 13.7 Å². The predicted octanol–water partition coefficient (Wildman–Crippen LogP) is 2.14. The van der Waals surface area contributed by atoms with Crippen molar-refractivity contribution in [2.24, 2.45) is 5.92 Å². The van der Waals surface area contributed by atoms with E-state index < -0.39 is 11.6 Å². The van der Waals surface area contributed by atoms with Crippen LogP contribution in [0, 0.1) is 5.92 Å². The fourth-order valence-electron chi connectivity index (χ4n) is 1.94. The van der Waals surface area contributed by atoms with Crippen molar-refractivity contribution in [3.8, 4) is 0 Å². The highest BCUT2D eigenvalue weighted by atomic mass is 16.5. The first-order valence-corrected chi connectivity index (χ1v) is 6.18. The van der Waals surface area contributed by atoms with Crippen molar-refractivity contribution in [3.05, 3.63) is 0 Å². The molecule has 0 aromatic carbocycles. The van der Waals surface area contributed by atoms with Gasteiger partial charge in [0.2, 0.25) is 0 Å². The van der Waals surface area contributed by atoms with E-state index in [1.54, 1.807) is 21.0 Å². The summed E-state index contributed by atoms with van der Waals surface area (Å²) in [6.45, 7) is 9.52. The van der Waals surface area contributed by atoms with Gasteiger partial charge in [0.25, 0.3) is 0 Å². The van der Waals surface area contributed by atoms with Crippen LogP contribution in [0.3, 0.4) is 0 Å². The van der Waals surface area contributed by atoms with Gasteiger partial charge >= 0.3 is 5.97 Å². The van der Waals surface area contributed by atoms with Crippen LogP contribution in [0.1, 0.15) is 47.5 Å². The summed E-state index contributed by atoms with van der Waals surface area (Å²) in [5, 5.41) is 10.4. The van der Waals surface area contributed by atoms with Gasteiger partial charge in [-0.15, -0.1) is 0 Å². The molecule has 0 rings (SSSR count). The van der Waals surface area contributed by atoms with Gasteiger partial charge < -0.3 is 14.6 Å². The summed E-state index contributed by atoms with van der Waals surface area (Å²) in [6, 6.07) is 0. The summed E-state index contributed by atoms with van der Waals surface area (Å²) in [7, 11) is 1.63. The Bertz CT molecular complexity index is 250. The number of carbonyl (C=O) groups excluding carboxylic acids is 1. The molecule has 17 heavy (non-hydrogen) atoms. The molecule has 4 nitrogen and oxygen atoms in total. The molecule has 0 aliphatic heterocycles. The average Bonchev–Trinajstić information content (AvgIpc) is 2.27. The van der Waals surface area contributed by atoms with E-state index in [4.69, 9.17) is 9.47 Å². The summed E-state index contributed by atoms with van der Waals surface area (Å²) >= 11 is 0. The quantitative estimate of drug-likeness (QED) is 0.699. The smallest absolute Gasteiger partial charge is 0.338 e. The predicted molar refractivity (Wildman–Crippen MR) is 66.7 cm³/mol. The number of esters is 1. The molecule has 102 valence electrons.